The fourth-order valence-electron chi connectivity index (χ4n) is 6.26. The van der Waals surface area contributed by atoms with Crippen LogP contribution in [0.15, 0.2) is 48.5 Å². The maximum Gasteiger partial charge on any atom is 0.586 e. The molecule has 2 atom stereocenters. The van der Waals surface area contributed by atoms with Gasteiger partial charge in [0.1, 0.15) is 0 Å². The van der Waals surface area contributed by atoms with E-state index >= 15 is 0 Å². The summed E-state index contributed by atoms with van der Waals surface area (Å²) in [7, 11) is 0. The summed E-state index contributed by atoms with van der Waals surface area (Å²) in [6, 6.07) is 14.7. The molecule has 37 heavy (non-hydrogen) atoms. The zero-order valence-electron chi connectivity index (χ0n) is 22.1. The van der Waals surface area contributed by atoms with Gasteiger partial charge in [-0.1, -0.05) is 82.5 Å². The molecule has 0 bridgehead atoms. The molecule has 2 heterocycles. The number of rotatable bonds is 5. The number of amides is 1. The zero-order chi connectivity index (χ0) is 26.2. The van der Waals surface area contributed by atoms with Crippen LogP contribution in [-0.2, 0) is 4.79 Å². The van der Waals surface area contributed by atoms with Crippen molar-refractivity contribution in [1.82, 2.24) is 9.80 Å². The number of hydrogen-bond acceptors (Lipinski definition) is 4. The first-order valence-electron chi connectivity index (χ1n) is 13.6. The third-order valence-corrected chi connectivity index (χ3v) is 8.15. The molecule has 1 saturated carbocycles. The topological polar surface area (TPSA) is 42.0 Å². The van der Waals surface area contributed by atoms with E-state index in [9.17, 15) is 13.6 Å². The van der Waals surface area contributed by atoms with Crippen LogP contribution in [0.2, 0.25) is 0 Å². The molecule has 1 amide bonds. The summed E-state index contributed by atoms with van der Waals surface area (Å²) < 4.78 is 37.9. The fraction of sp³-hybridized carbons (Fsp3) is 0.567. The smallest absolute Gasteiger partial charge is 0.395 e. The molecule has 1 unspecified atom stereocenters. The predicted molar refractivity (Wildman–Crippen MR) is 139 cm³/mol. The Kier molecular flexibility index (Phi) is 7.18. The molecular weight excluding hydrogens is 474 g/mol. The molecule has 0 radical (unpaired) electrons. The lowest BCUT2D eigenvalue weighted by Gasteiger charge is -2.49. The van der Waals surface area contributed by atoms with Crippen molar-refractivity contribution >= 4 is 5.91 Å². The van der Waals surface area contributed by atoms with Gasteiger partial charge in [-0.2, -0.15) is 0 Å². The normalized spacial score (nSPS) is 23.2. The minimum absolute atomic E-state index is 0.000997. The number of hydrogen-bond donors (Lipinski definition) is 0. The van der Waals surface area contributed by atoms with E-state index in [1.54, 1.807) is 6.07 Å². The molecule has 2 fully saturated rings. The summed E-state index contributed by atoms with van der Waals surface area (Å²) in [4.78, 5) is 18.0. The monoisotopic (exact) mass is 512 g/mol. The summed E-state index contributed by atoms with van der Waals surface area (Å²) >= 11 is 0. The molecule has 2 aliphatic heterocycles. The van der Waals surface area contributed by atoms with Crippen LogP contribution in [0.3, 0.4) is 0 Å². The Hall–Kier alpha value is -2.67. The Labute approximate surface area is 218 Å². The number of ether oxygens (including phenoxy) is 2. The van der Waals surface area contributed by atoms with Gasteiger partial charge in [0, 0.05) is 37.7 Å². The van der Waals surface area contributed by atoms with Crippen molar-refractivity contribution in [3.8, 4) is 11.5 Å². The van der Waals surface area contributed by atoms with E-state index in [1.165, 1.54) is 25.3 Å². The van der Waals surface area contributed by atoms with Crippen LogP contribution in [0, 0.1) is 11.3 Å². The third-order valence-electron chi connectivity index (χ3n) is 8.15. The van der Waals surface area contributed by atoms with Gasteiger partial charge in [0.15, 0.2) is 11.5 Å². The number of benzene rings is 2. The van der Waals surface area contributed by atoms with E-state index in [0.29, 0.717) is 37.5 Å². The number of halogens is 2. The molecule has 0 N–H and O–H groups in total. The Bertz CT molecular complexity index is 1100. The van der Waals surface area contributed by atoms with E-state index in [1.807, 2.05) is 36.4 Å². The Morgan fingerprint density at radius 1 is 1.00 bits per heavy atom. The van der Waals surface area contributed by atoms with Gasteiger partial charge in [0.05, 0.1) is 6.04 Å². The van der Waals surface area contributed by atoms with Gasteiger partial charge in [-0.15, -0.1) is 8.78 Å². The number of alkyl halides is 2. The average molecular weight is 513 g/mol. The minimum atomic E-state index is -3.68. The largest absolute Gasteiger partial charge is 0.586 e. The number of carbonyl (C=O) groups excluding carboxylic acids is 1. The third kappa shape index (κ3) is 5.62. The van der Waals surface area contributed by atoms with Crippen molar-refractivity contribution < 1.29 is 23.0 Å². The number of carbonyl (C=O) groups is 1. The Balaban J connectivity index is 1.45. The number of para-hydroxylation sites is 1. The molecule has 0 aromatic heterocycles. The second kappa shape index (κ2) is 10.2. The minimum Gasteiger partial charge on any atom is -0.395 e. The lowest BCUT2D eigenvalue weighted by Crippen LogP contribution is -2.60. The van der Waals surface area contributed by atoms with Crippen LogP contribution in [0.1, 0.15) is 76.5 Å². The summed E-state index contributed by atoms with van der Waals surface area (Å²) in [5.74, 6) is 0.879. The lowest BCUT2D eigenvalue weighted by molar-refractivity contribution is -0.287. The van der Waals surface area contributed by atoms with Crippen molar-refractivity contribution in [2.75, 3.05) is 19.6 Å². The average Bonchev–Trinajstić information content (AvgIpc) is 3.19. The first kappa shape index (κ1) is 26.0. The van der Waals surface area contributed by atoms with Crippen LogP contribution >= 0.6 is 0 Å². The van der Waals surface area contributed by atoms with Crippen LogP contribution in [0.4, 0.5) is 8.78 Å². The van der Waals surface area contributed by atoms with E-state index in [2.05, 4.69) is 30.6 Å². The molecule has 7 heteroatoms. The van der Waals surface area contributed by atoms with Crippen molar-refractivity contribution in [2.24, 2.45) is 11.3 Å². The number of piperazine rings is 1. The highest BCUT2D eigenvalue weighted by molar-refractivity contribution is 5.77. The van der Waals surface area contributed by atoms with Gasteiger partial charge in [-0.25, -0.2) is 0 Å². The highest BCUT2D eigenvalue weighted by Gasteiger charge is 2.47. The van der Waals surface area contributed by atoms with Crippen molar-refractivity contribution in [2.45, 2.75) is 77.7 Å². The Morgan fingerprint density at radius 3 is 2.43 bits per heavy atom. The van der Waals surface area contributed by atoms with E-state index in [-0.39, 0.29) is 34.9 Å². The van der Waals surface area contributed by atoms with Crippen LogP contribution in [0.25, 0.3) is 0 Å². The number of nitrogens with zero attached hydrogens (tertiary/aromatic N) is 2. The van der Waals surface area contributed by atoms with Gasteiger partial charge in [-0.05, 0) is 35.8 Å². The van der Waals surface area contributed by atoms with Gasteiger partial charge in [-0.3, -0.25) is 9.69 Å². The summed E-state index contributed by atoms with van der Waals surface area (Å²) in [5.41, 5.74) is 1.49. The standard InChI is InChI=1S/C30H38F2N2O3/c1-29(2,3)25-20-33(17-18-34(25)26(35)19-21-11-6-4-7-12-21)27(22-13-8-5-9-14-22)23-15-10-16-24-28(23)37-30(31,32)36-24/h5,8-10,13-16,21,25,27H,4,6-7,11-12,17-20H2,1-3H3/t25-,27?/m1/s1. The summed E-state index contributed by atoms with van der Waals surface area (Å²) in [6.45, 7) is 8.43. The maximum absolute atomic E-state index is 14.1. The molecule has 1 aliphatic carbocycles. The number of fused-ring (bicyclic) bond motifs is 1. The fourth-order valence-corrected chi connectivity index (χ4v) is 6.26. The summed E-state index contributed by atoms with van der Waals surface area (Å²) in [6.07, 6.45) is 2.96. The lowest BCUT2D eigenvalue weighted by atomic mass is 9.82. The first-order valence-corrected chi connectivity index (χ1v) is 13.6. The molecule has 5 nitrogen and oxygen atoms in total. The van der Waals surface area contributed by atoms with Crippen LogP contribution in [0.5, 0.6) is 11.5 Å². The molecule has 3 aliphatic rings. The van der Waals surface area contributed by atoms with Gasteiger partial charge < -0.3 is 14.4 Å². The van der Waals surface area contributed by atoms with Crippen LogP contribution in [-0.4, -0.2) is 47.7 Å². The van der Waals surface area contributed by atoms with Gasteiger partial charge >= 0.3 is 6.29 Å². The molecule has 1 saturated heterocycles. The van der Waals surface area contributed by atoms with Gasteiger partial charge in [0.25, 0.3) is 0 Å². The van der Waals surface area contributed by atoms with Crippen molar-refractivity contribution in [3.05, 3.63) is 59.7 Å². The molecule has 200 valence electrons. The predicted octanol–water partition coefficient (Wildman–Crippen LogP) is 6.63. The van der Waals surface area contributed by atoms with Crippen molar-refractivity contribution in [3.63, 3.8) is 0 Å². The first-order chi connectivity index (χ1) is 17.6. The summed E-state index contributed by atoms with van der Waals surface area (Å²) in [5, 5.41) is 0. The van der Waals surface area contributed by atoms with E-state index in [0.717, 1.165) is 18.4 Å². The van der Waals surface area contributed by atoms with Crippen molar-refractivity contribution in [1.29, 1.82) is 0 Å². The molecule has 2 aromatic carbocycles. The second-order valence-corrected chi connectivity index (χ2v) is 11.8. The highest BCUT2D eigenvalue weighted by atomic mass is 19.3. The van der Waals surface area contributed by atoms with E-state index < -0.39 is 6.29 Å². The molecular formula is C30H38F2N2O3. The molecule has 2 aromatic rings. The maximum atomic E-state index is 14.1. The van der Waals surface area contributed by atoms with Crippen LogP contribution < -0.4 is 9.47 Å². The SMILES string of the molecule is CC(C)(C)[C@H]1CN(C(c2ccccc2)c2cccc3c2OC(F)(F)O3)CCN1C(=O)CC1CCCCC1. The van der Waals surface area contributed by atoms with Gasteiger partial charge in [0.2, 0.25) is 5.91 Å². The highest BCUT2D eigenvalue weighted by Crippen LogP contribution is 2.48. The quantitative estimate of drug-likeness (QED) is 0.451. The molecule has 5 rings (SSSR count). The second-order valence-electron chi connectivity index (χ2n) is 11.8. The van der Waals surface area contributed by atoms with E-state index in [4.69, 9.17) is 9.47 Å². The Morgan fingerprint density at radius 2 is 1.73 bits per heavy atom. The molecule has 0 spiro atoms. The zero-order valence-corrected chi connectivity index (χ0v) is 22.1.